The maximum atomic E-state index is 12.5. The van der Waals surface area contributed by atoms with Gasteiger partial charge in [0.1, 0.15) is 22.1 Å². The Morgan fingerprint density at radius 3 is 2.80 bits per heavy atom. The van der Waals surface area contributed by atoms with Gasteiger partial charge in [-0.05, 0) is 44.0 Å². The van der Waals surface area contributed by atoms with E-state index >= 15 is 0 Å². The fourth-order valence-corrected chi connectivity index (χ4v) is 4.82. The van der Waals surface area contributed by atoms with Crippen LogP contribution in [-0.4, -0.2) is 27.7 Å². The van der Waals surface area contributed by atoms with E-state index in [1.165, 1.54) is 0 Å². The van der Waals surface area contributed by atoms with Crippen LogP contribution in [0.5, 0.6) is 17.2 Å². The standard InChI is InChI=1S/C18H20N2O4S/c1-2-23-13-5-3-6-14(11-13)24-15-8-9-16-17(12-15)25(21,22)19-18-7-4-10-20(16)18/h3,5-6,8-9,11-12,18-19H,2,4,7,10H2,1H3. The van der Waals surface area contributed by atoms with E-state index in [4.69, 9.17) is 9.47 Å². The molecule has 1 unspecified atom stereocenters. The highest BCUT2D eigenvalue weighted by Gasteiger charge is 2.37. The molecular formula is C18H20N2O4S. The molecule has 0 spiro atoms. The molecular weight excluding hydrogens is 340 g/mol. The third-order valence-electron chi connectivity index (χ3n) is 4.43. The maximum absolute atomic E-state index is 12.5. The number of nitrogens with zero attached hydrogens (tertiary/aromatic N) is 1. The fraction of sp³-hybridized carbons (Fsp3) is 0.333. The monoisotopic (exact) mass is 360 g/mol. The molecule has 0 aromatic heterocycles. The molecule has 4 rings (SSSR count). The number of hydrogen-bond acceptors (Lipinski definition) is 5. The van der Waals surface area contributed by atoms with Gasteiger partial charge >= 0.3 is 0 Å². The maximum Gasteiger partial charge on any atom is 0.244 e. The van der Waals surface area contributed by atoms with E-state index in [1.807, 2.05) is 37.3 Å². The smallest absolute Gasteiger partial charge is 0.244 e. The lowest BCUT2D eigenvalue weighted by molar-refractivity contribution is 0.338. The molecule has 1 fully saturated rings. The molecule has 132 valence electrons. The van der Waals surface area contributed by atoms with Crippen LogP contribution in [0.15, 0.2) is 47.4 Å². The summed E-state index contributed by atoms with van der Waals surface area (Å²) in [7, 11) is -3.52. The quantitative estimate of drug-likeness (QED) is 0.907. The van der Waals surface area contributed by atoms with E-state index in [0.29, 0.717) is 23.9 Å². The first-order valence-corrected chi connectivity index (χ1v) is 9.89. The van der Waals surface area contributed by atoms with Crippen LogP contribution in [0.4, 0.5) is 5.69 Å². The van der Waals surface area contributed by atoms with Gasteiger partial charge in [-0.2, -0.15) is 4.72 Å². The van der Waals surface area contributed by atoms with Crippen molar-refractivity contribution >= 4 is 15.7 Å². The summed E-state index contributed by atoms with van der Waals surface area (Å²) >= 11 is 0. The molecule has 2 aliphatic rings. The number of nitrogens with one attached hydrogen (secondary N) is 1. The van der Waals surface area contributed by atoms with E-state index in [2.05, 4.69) is 9.62 Å². The van der Waals surface area contributed by atoms with Gasteiger partial charge in [-0.3, -0.25) is 0 Å². The van der Waals surface area contributed by atoms with Crippen LogP contribution < -0.4 is 19.1 Å². The Kier molecular flexibility index (Phi) is 4.05. The Bertz CT molecular complexity index is 898. The van der Waals surface area contributed by atoms with Crippen LogP contribution in [0.25, 0.3) is 0 Å². The highest BCUT2D eigenvalue weighted by molar-refractivity contribution is 7.89. The van der Waals surface area contributed by atoms with Crippen molar-refractivity contribution in [3.05, 3.63) is 42.5 Å². The average Bonchev–Trinajstić information content (AvgIpc) is 3.03. The lowest BCUT2D eigenvalue weighted by Gasteiger charge is -2.33. The summed E-state index contributed by atoms with van der Waals surface area (Å²) in [6.45, 7) is 3.35. The zero-order chi connectivity index (χ0) is 17.4. The van der Waals surface area contributed by atoms with Crippen LogP contribution in [0.1, 0.15) is 19.8 Å². The van der Waals surface area contributed by atoms with Crippen LogP contribution in [0.2, 0.25) is 0 Å². The van der Waals surface area contributed by atoms with Gasteiger partial charge < -0.3 is 14.4 Å². The zero-order valence-electron chi connectivity index (χ0n) is 13.9. The molecule has 0 radical (unpaired) electrons. The Balaban J connectivity index is 1.66. The summed E-state index contributed by atoms with van der Waals surface area (Å²) in [6.07, 6.45) is 1.68. The molecule has 2 aliphatic heterocycles. The van der Waals surface area contributed by atoms with Crippen molar-refractivity contribution in [3.63, 3.8) is 0 Å². The normalized spacial score (nSPS) is 20.7. The molecule has 6 nitrogen and oxygen atoms in total. The third-order valence-corrected chi connectivity index (χ3v) is 5.91. The summed E-state index contributed by atoms with van der Waals surface area (Å²) in [5.74, 6) is 1.80. The number of benzene rings is 2. The molecule has 1 atom stereocenters. The molecule has 7 heteroatoms. The van der Waals surface area contributed by atoms with Gasteiger partial charge in [-0.25, -0.2) is 8.42 Å². The minimum Gasteiger partial charge on any atom is -0.494 e. The van der Waals surface area contributed by atoms with E-state index in [9.17, 15) is 8.42 Å². The Labute approximate surface area is 147 Å². The van der Waals surface area contributed by atoms with Gasteiger partial charge in [0.25, 0.3) is 0 Å². The molecule has 2 aromatic carbocycles. The second-order valence-electron chi connectivity index (χ2n) is 6.11. The first-order chi connectivity index (χ1) is 12.1. The first-order valence-electron chi connectivity index (χ1n) is 8.40. The summed E-state index contributed by atoms with van der Waals surface area (Å²) in [5, 5.41) is 0. The van der Waals surface area contributed by atoms with Gasteiger partial charge in [0.05, 0.1) is 18.5 Å². The van der Waals surface area contributed by atoms with E-state index in [0.717, 1.165) is 25.1 Å². The summed E-state index contributed by atoms with van der Waals surface area (Å²) in [4.78, 5) is 2.37. The highest BCUT2D eigenvalue weighted by atomic mass is 32.2. The van der Waals surface area contributed by atoms with Crippen molar-refractivity contribution in [2.45, 2.75) is 30.8 Å². The highest BCUT2D eigenvalue weighted by Crippen LogP contribution is 2.38. The molecule has 0 saturated carbocycles. The van der Waals surface area contributed by atoms with Crippen molar-refractivity contribution in [2.75, 3.05) is 18.1 Å². The van der Waals surface area contributed by atoms with Gasteiger partial charge in [-0.1, -0.05) is 6.07 Å². The van der Waals surface area contributed by atoms with Crippen LogP contribution in [-0.2, 0) is 10.0 Å². The predicted octanol–water partition coefficient (Wildman–Crippen LogP) is 3.10. The van der Waals surface area contributed by atoms with E-state index < -0.39 is 10.0 Å². The number of anilines is 1. The summed E-state index contributed by atoms with van der Waals surface area (Å²) < 4.78 is 39.2. The van der Waals surface area contributed by atoms with Gasteiger partial charge in [0.15, 0.2) is 0 Å². The molecule has 1 saturated heterocycles. The number of ether oxygens (including phenoxy) is 2. The lowest BCUT2D eigenvalue weighted by Crippen LogP contribution is -2.48. The number of sulfonamides is 1. The van der Waals surface area contributed by atoms with Gasteiger partial charge in [-0.15, -0.1) is 0 Å². The molecule has 1 N–H and O–H groups in total. The second-order valence-corrected chi connectivity index (χ2v) is 7.79. The predicted molar refractivity (Wildman–Crippen MR) is 94.8 cm³/mol. The van der Waals surface area contributed by atoms with Crippen LogP contribution >= 0.6 is 0 Å². The topological polar surface area (TPSA) is 67.9 Å². The summed E-state index contributed by atoms with van der Waals surface area (Å²) in [5.41, 5.74) is 0.747. The molecule has 25 heavy (non-hydrogen) atoms. The summed E-state index contributed by atoms with van der Waals surface area (Å²) in [6, 6.07) is 12.5. The fourth-order valence-electron chi connectivity index (χ4n) is 3.36. The minimum absolute atomic E-state index is 0.132. The van der Waals surface area contributed by atoms with E-state index in [1.54, 1.807) is 12.1 Å². The average molecular weight is 360 g/mol. The molecule has 2 heterocycles. The molecule has 0 aliphatic carbocycles. The van der Waals surface area contributed by atoms with Crippen molar-refractivity contribution < 1.29 is 17.9 Å². The largest absolute Gasteiger partial charge is 0.494 e. The molecule has 2 aromatic rings. The SMILES string of the molecule is CCOc1cccc(Oc2ccc3c(c2)S(=O)(=O)NC2CCCN32)c1. The Hall–Kier alpha value is -2.25. The molecule has 0 bridgehead atoms. The second kappa shape index (κ2) is 6.24. The number of rotatable bonds is 4. The van der Waals surface area contributed by atoms with Crippen LogP contribution in [0.3, 0.4) is 0 Å². The van der Waals surface area contributed by atoms with Crippen LogP contribution in [0, 0.1) is 0 Å². The van der Waals surface area contributed by atoms with Crippen molar-refractivity contribution in [1.82, 2.24) is 4.72 Å². The Morgan fingerprint density at radius 1 is 1.16 bits per heavy atom. The number of hydrogen-bond donors (Lipinski definition) is 1. The number of fused-ring (bicyclic) bond motifs is 3. The first kappa shape index (κ1) is 16.2. The van der Waals surface area contributed by atoms with Crippen molar-refractivity contribution in [1.29, 1.82) is 0 Å². The third kappa shape index (κ3) is 3.05. The van der Waals surface area contributed by atoms with E-state index in [-0.39, 0.29) is 11.1 Å². The zero-order valence-corrected chi connectivity index (χ0v) is 14.8. The minimum atomic E-state index is -3.52. The van der Waals surface area contributed by atoms with Gasteiger partial charge in [0.2, 0.25) is 10.0 Å². The lowest BCUT2D eigenvalue weighted by atomic mass is 10.2. The Morgan fingerprint density at radius 2 is 1.96 bits per heavy atom. The van der Waals surface area contributed by atoms with Crippen molar-refractivity contribution in [2.24, 2.45) is 0 Å². The molecule has 0 amide bonds. The van der Waals surface area contributed by atoms with Gasteiger partial charge in [0, 0.05) is 18.7 Å². The van der Waals surface area contributed by atoms with Crippen molar-refractivity contribution in [3.8, 4) is 17.2 Å².